The van der Waals surface area contributed by atoms with Gasteiger partial charge in [0.1, 0.15) is 12.4 Å². The van der Waals surface area contributed by atoms with E-state index in [1.54, 1.807) is 6.20 Å². The molecule has 1 aromatic heterocycles. The number of hydrogen-bond acceptors (Lipinski definition) is 3. The lowest BCUT2D eigenvalue weighted by Gasteiger charge is -2.06. The van der Waals surface area contributed by atoms with Gasteiger partial charge in [0.15, 0.2) is 0 Å². The van der Waals surface area contributed by atoms with E-state index in [2.05, 4.69) is 9.72 Å². The van der Waals surface area contributed by atoms with Crippen LogP contribution in [0.25, 0.3) is 11.4 Å². The van der Waals surface area contributed by atoms with Gasteiger partial charge < -0.3 is 9.30 Å². The lowest BCUT2D eigenvalue weighted by atomic mass is 10.2. The summed E-state index contributed by atoms with van der Waals surface area (Å²) in [6, 6.07) is 9.90. The van der Waals surface area contributed by atoms with Crippen LogP contribution in [-0.4, -0.2) is 22.6 Å². The van der Waals surface area contributed by atoms with Crippen molar-refractivity contribution in [1.29, 1.82) is 0 Å². The van der Waals surface area contributed by atoms with Gasteiger partial charge >= 0.3 is 0 Å². The molecule has 16 heavy (non-hydrogen) atoms. The molecule has 2 rings (SSSR count). The minimum Gasteiger partial charge on any atom is -0.466 e. The van der Waals surface area contributed by atoms with Crippen molar-refractivity contribution >= 4 is 6.47 Å². The lowest BCUT2D eigenvalue weighted by Crippen LogP contribution is -2.05. The number of ether oxygens (including phenoxy) is 1. The van der Waals surface area contributed by atoms with Crippen LogP contribution < -0.4 is 0 Å². The summed E-state index contributed by atoms with van der Waals surface area (Å²) >= 11 is 0. The average molecular weight is 216 g/mol. The predicted molar refractivity (Wildman–Crippen MR) is 59.7 cm³/mol. The molecule has 0 aliphatic carbocycles. The molecule has 0 fully saturated rings. The Bertz CT molecular complexity index is 451. The van der Waals surface area contributed by atoms with E-state index < -0.39 is 0 Å². The van der Waals surface area contributed by atoms with Gasteiger partial charge in [0.25, 0.3) is 6.47 Å². The fraction of sp³-hybridized carbons (Fsp3) is 0.167. The van der Waals surface area contributed by atoms with E-state index >= 15 is 0 Å². The molecule has 0 saturated carbocycles. The molecular weight excluding hydrogens is 204 g/mol. The largest absolute Gasteiger partial charge is 0.466 e. The van der Waals surface area contributed by atoms with Crippen molar-refractivity contribution < 1.29 is 9.53 Å². The summed E-state index contributed by atoms with van der Waals surface area (Å²) in [5.41, 5.74) is 1.05. The summed E-state index contributed by atoms with van der Waals surface area (Å²) in [4.78, 5) is 14.3. The zero-order valence-corrected chi connectivity index (χ0v) is 8.74. The Hall–Kier alpha value is -2.10. The normalized spacial score (nSPS) is 10.0. The van der Waals surface area contributed by atoms with Gasteiger partial charge in [-0.25, -0.2) is 4.98 Å². The van der Waals surface area contributed by atoms with Crippen molar-refractivity contribution in [3.63, 3.8) is 0 Å². The van der Waals surface area contributed by atoms with E-state index in [4.69, 9.17) is 0 Å². The second kappa shape index (κ2) is 5.11. The third-order valence-corrected chi connectivity index (χ3v) is 2.27. The highest BCUT2D eigenvalue weighted by molar-refractivity contribution is 5.55. The van der Waals surface area contributed by atoms with Crippen LogP contribution in [-0.2, 0) is 16.1 Å². The number of benzene rings is 1. The quantitative estimate of drug-likeness (QED) is 0.564. The summed E-state index contributed by atoms with van der Waals surface area (Å²) in [5, 5.41) is 0. The number of imidazole rings is 1. The first kappa shape index (κ1) is 10.4. The molecule has 2 aromatic rings. The van der Waals surface area contributed by atoms with Gasteiger partial charge in [-0.3, -0.25) is 4.79 Å². The van der Waals surface area contributed by atoms with Crippen molar-refractivity contribution in [2.75, 3.05) is 6.61 Å². The standard InChI is InChI=1S/C12H12N2O2/c15-10-16-9-8-14-7-6-13-12(14)11-4-2-1-3-5-11/h1-7,10H,8-9H2. The number of carbonyl (C=O) groups is 1. The topological polar surface area (TPSA) is 44.1 Å². The molecule has 0 bridgehead atoms. The summed E-state index contributed by atoms with van der Waals surface area (Å²) in [7, 11) is 0. The van der Waals surface area contributed by atoms with Crippen LogP contribution in [0.15, 0.2) is 42.7 Å². The first-order chi connectivity index (χ1) is 7.92. The van der Waals surface area contributed by atoms with E-state index in [0.717, 1.165) is 11.4 Å². The van der Waals surface area contributed by atoms with E-state index in [-0.39, 0.29) is 0 Å². The molecule has 0 amide bonds. The fourth-order valence-corrected chi connectivity index (χ4v) is 1.54. The van der Waals surface area contributed by atoms with Crippen LogP contribution in [0.2, 0.25) is 0 Å². The molecule has 0 atom stereocenters. The van der Waals surface area contributed by atoms with E-state index in [1.807, 2.05) is 41.1 Å². The Morgan fingerprint density at radius 2 is 2.12 bits per heavy atom. The fourth-order valence-electron chi connectivity index (χ4n) is 1.54. The Labute approximate surface area is 93.5 Å². The van der Waals surface area contributed by atoms with E-state index in [9.17, 15) is 4.79 Å². The van der Waals surface area contributed by atoms with Gasteiger partial charge in [0.2, 0.25) is 0 Å². The highest BCUT2D eigenvalue weighted by atomic mass is 16.5. The van der Waals surface area contributed by atoms with Crippen LogP contribution >= 0.6 is 0 Å². The molecule has 82 valence electrons. The van der Waals surface area contributed by atoms with Crippen LogP contribution in [0.3, 0.4) is 0 Å². The number of nitrogens with zero attached hydrogens (tertiary/aromatic N) is 2. The SMILES string of the molecule is O=COCCn1ccnc1-c1ccccc1. The highest BCUT2D eigenvalue weighted by Gasteiger charge is 2.04. The molecule has 0 radical (unpaired) electrons. The van der Waals surface area contributed by atoms with E-state index in [1.165, 1.54) is 0 Å². The van der Waals surface area contributed by atoms with Crippen molar-refractivity contribution in [1.82, 2.24) is 9.55 Å². The molecule has 1 aromatic carbocycles. The maximum atomic E-state index is 10.0. The third kappa shape index (κ3) is 2.28. The monoisotopic (exact) mass is 216 g/mol. The Morgan fingerprint density at radius 3 is 2.88 bits per heavy atom. The van der Waals surface area contributed by atoms with Crippen molar-refractivity contribution in [2.45, 2.75) is 6.54 Å². The van der Waals surface area contributed by atoms with Gasteiger partial charge in [-0.2, -0.15) is 0 Å². The molecule has 0 spiro atoms. The molecule has 0 saturated heterocycles. The van der Waals surface area contributed by atoms with Crippen LogP contribution in [0.5, 0.6) is 0 Å². The summed E-state index contributed by atoms with van der Waals surface area (Å²) < 4.78 is 6.63. The lowest BCUT2D eigenvalue weighted by molar-refractivity contribution is -0.128. The van der Waals surface area contributed by atoms with Gasteiger partial charge in [-0.1, -0.05) is 30.3 Å². The van der Waals surface area contributed by atoms with Gasteiger partial charge in [0.05, 0.1) is 6.54 Å². The second-order valence-electron chi connectivity index (χ2n) is 3.28. The van der Waals surface area contributed by atoms with Crippen LogP contribution in [0.1, 0.15) is 0 Å². The van der Waals surface area contributed by atoms with Crippen molar-refractivity contribution in [2.24, 2.45) is 0 Å². The third-order valence-electron chi connectivity index (χ3n) is 2.27. The molecule has 0 unspecified atom stereocenters. The molecule has 0 aliphatic rings. The van der Waals surface area contributed by atoms with Gasteiger partial charge in [-0.05, 0) is 0 Å². The Balaban J connectivity index is 2.16. The summed E-state index contributed by atoms with van der Waals surface area (Å²) in [5.74, 6) is 0.884. The van der Waals surface area contributed by atoms with Crippen LogP contribution in [0.4, 0.5) is 0 Å². The minimum absolute atomic E-state index is 0.361. The molecule has 4 nitrogen and oxygen atoms in total. The first-order valence-electron chi connectivity index (χ1n) is 5.03. The predicted octanol–water partition coefficient (Wildman–Crippen LogP) is 1.72. The number of aromatic nitrogens is 2. The summed E-state index contributed by atoms with van der Waals surface area (Å²) in [6.45, 7) is 1.43. The van der Waals surface area contributed by atoms with Gasteiger partial charge in [-0.15, -0.1) is 0 Å². The zero-order chi connectivity index (χ0) is 11.2. The Kier molecular flexibility index (Phi) is 3.33. The van der Waals surface area contributed by atoms with Crippen LogP contribution in [0, 0.1) is 0 Å². The second-order valence-corrected chi connectivity index (χ2v) is 3.28. The first-order valence-corrected chi connectivity index (χ1v) is 5.03. The molecule has 0 N–H and O–H groups in total. The molecule has 0 aliphatic heterocycles. The average Bonchev–Trinajstić information content (AvgIpc) is 2.79. The van der Waals surface area contributed by atoms with Crippen molar-refractivity contribution in [3.05, 3.63) is 42.7 Å². The maximum absolute atomic E-state index is 10.0. The summed E-state index contributed by atoms with van der Waals surface area (Å²) in [6.07, 6.45) is 3.61. The number of hydrogen-bond donors (Lipinski definition) is 0. The number of carbonyl (C=O) groups excluding carboxylic acids is 1. The van der Waals surface area contributed by atoms with E-state index in [0.29, 0.717) is 19.6 Å². The molecule has 1 heterocycles. The smallest absolute Gasteiger partial charge is 0.293 e. The molecule has 4 heteroatoms. The Morgan fingerprint density at radius 1 is 1.31 bits per heavy atom. The maximum Gasteiger partial charge on any atom is 0.293 e. The van der Waals surface area contributed by atoms with Crippen molar-refractivity contribution in [3.8, 4) is 11.4 Å². The number of rotatable bonds is 5. The highest BCUT2D eigenvalue weighted by Crippen LogP contribution is 2.16. The van der Waals surface area contributed by atoms with Gasteiger partial charge in [0, 0.05) is 18.0 Å². The minimum atomic E-state index is 0.361. The zero-order valence-electron chi connectivity index (χ0n) is 8.74. The molecular formula is C12H12N2O2.